The maximum absolute atomic E-state index is 13.3. The predicted octanol–water partition coefficient (Wildman–Crippen LogP) is 1.52. The molecule has 0 bridgehead atoms. The van der Waals surface area contributed by atoms with E-state index in [2.05, 4.69) is 5.10 Å². The Hall–Kier alpha value is -1.54. The second-order valence-corrected chi connectivity index (χ2v) is 7.32. The van der Waals surface area contributed by atoms with Crippen LogP contribution < -0.4 is 0 Å². The molecule has 6 nitrogen and oxygen atoms in total. The van der Waals surface area contributed by atoms with Gasteiger partial charge < -0.3 is 10.0 Å². The summed E-state index contributed by atoms with van der Waals surface area (Å²) in [5.74, 6) is -2.72. The first-order chi connectivity index (χ1) is 11.7. The van der Waals surface area contributed by atoms with Gasteiger partial charge in [0, 0.05) is 51.8 Å². The molecule has 25 heavy (non-hydrogen) atoms. The van der Waals surface area contributed by atoms with Gasteiger partial charge in [0.1, 0.15) is 0 Å². The van der Waals surface area contributed by atoms with Crippen LogP contribution in [-0.4, -0.2) is 74.8 Å². The van der Waals surface area contributed by atoms with Crippen molar-refractivity contribution in [3.05, 3.63) is 17.5 Å². The topological polar surface area (TPSA) is 61.6 Å². The van der Waals surface area contributed by atoms with E-state index in [4.69, 9.17) is 0 Å². The van der Waals surface area contributed by atoms with Gasteiger partial charge >= 0.3 is 0 Å². The molecule has 3 rings (SSSR count). The number of carbonyl (C=O) groups excluding carboxylic acids is 1. The maximum Gasteiger partial charge on any atom is 0.257 e. The summed E-state index contributed by atoms with van der Waals surface area (Å²) >= 11 is 0. The highest BCUT2D eigenvalue weighted by molar-refractivity contribution is 5.95. The molecule has 8 heteroatoms. The lowest BCUT2D eigenvalue weighted by molar-refractivity contribution is -0.0720. The van der Waals surface area contributed by atoms with Crippen molar-refractivity contribution in [1.82, 2.24) is 19.6 Å². The van der Waals surface area contributed by atoms with E-state index in [0.717, 1.165) is 0 Å². The fraction of sp³-hybridized carbons (Fsp3) is 0.765. The predicted molar refractivity (Wildman–Crippen MR) is 88.7 cm³/mol. The van der Waals surface area contributed by atoms with Crippen molar-refractivity contribution in [1.29, 1.82) is 0 Å². The van der Waals surface area contributed by atoms with Gasteiger partial charge in [-0.1, -0.05) is 0 Å². The van der Waals surface area contributed by atoms with Gasteiger partial charge in [0.15, 0.2) is 0 Å². The number of hydrogen-bond acceptors (Lipinski definition) is 4. The van der Waals surface area contributed by atoms with Crippen LogP contribution in [0.2, 0.25) is 0 Å². The van der Waals surface area contributed by atoms with Gasteiger partial charge in [0.25, 0.3) is 11.8 Å². The zero-order valence-corrected chi connectivity index (χ0v) is 14.8. The highest BCUT2D eigenvalue weighted by Crippen LogP contribution is 2.30. The Kier molecular flexibility index (Phi) is 4.85. The Labute approximate surface area is 146 Å². The lowest BCUT2D eigenvalue weighted by atomic mass is 10.00. The maximum atomic E-state index is 13.3. The van der Waals surface area contributed by atoms with Crippen molar-refractivity contribution in [2.45, 2.75) is 51.2 Å². The van der Waals surface area contributed by atoms with E-state index in [-0.39, 0.29) is 38.4 Å². The van der Waals surface area contributed by atoms with Crippen LogP contribution in [0.5, 0.6) is 0 Å². The number of β-amino-alcohol motifs (C(OH)–C–C–N with tert-alkyl or cyclic N) is 1. The summed E-state index contributed by atoms with van der Waals surface area (Å²) in [6, 6.07) is 0. The van der Waals surface area contributed by atoms with Gasteiger partial charge in [0.2, 0.25) is 0 Å². The molecule has 140 valence electrons. The minimum Gasteiger partial charge on any atom is -0.387 e. The summed E-state index contributed by atoms with van der Waals surface area (Å²) in [6.07, 6.45) is 1.87. The molecule has 2 fully saturated rings. The summed E-state index contributed by atoms with van der Waals surface area (Å²) in [7, 11) is 0. The number of amides is 1. The van der Waals surface area contributed by atoms with E-state index in [1.807, 2.05) is 11.8 Å². The molecule has 0 spiro atoms. The van der Waals surface area contributed by atoms with Gasteiger partial charge in [-0.2, -0.15) is 5.10 Å². The number of hydrogen-bond donors (Lipinski definition) is 1. The quantitative estimate of drug-likeness (QED) is 0.889. The summed E-state index contributed by atoms with van der Waals surface area (Å²) in [6.45, 7) is 6.05. The number of aryl methyl sites for hydroxylation is 2. The van der Waals surface area contributed by atoms with Crippen molar-refractivity contribution in [3.63, 3.8) is 0 Å². The summed E-state index contributed by atoms with van der Waals surface area (Å²) < 4.78 is 28.2. The highest BCUT2D eigenvalue weighted by Gasteiger charge is 2.42. The average molecular weight is 356 g/mol. The molecular weight excluding hydrogens is 330 g/mol. The second kappa shape index (κ2) is 6.64. The normalized spacial score (nSPS) is 27.0. The number of nitrogens with zero attached hydrogens (tertiary/aromatic N) is 4. The third-order valence-corrected chi connectivity index (χ3v) is 5.23. The van der Waals surface area contributed by atoms with Crippen LogP contribution in [0.15, 0.2) is 6.20 Å². The highest BCUT2D eigenvalue weighted by atomic mass is 19.3. The molecule has 1 N–H and O–H groups in total. The molecule has 0 radical (unpaired) electrons. The lowest BCUT2D eigenvalue weighted by Crippen LogP contribution is -2.49. The van der Waals surface area contributed by atoms with Gasteiger partial charge in [-0.3, -0.25) is 14.4 Å². The minimum atomic E-state index is -2.59. The molecule has 1 aromatic rings. The molecule has 0 aliphatic carbocycles. The molecular formula is C17H26F2N4O2. The lowest BCUT2D eigenvalue weighted by Gasteiger charge is -2.36. The van der Waals surface area contributed by atoms with E-state index < -0.39 is 11.5 Å². The Morgan fingerprint density at radius 3 is 2.56 bits per heavy atom. The van der Waals surface area contributed by atoms with Crippen LogP contribution in [0.3, 0.4) is 0 Å². The summed E-state index contributed by atoms with van der Waals surface area (Å²) in [4.78, 5) is 16.2. The Morgan fingerprint density at radius 1 is 1.28 bits per heavy atom. The molecule has 0 unspecified atom stereocenters. The van der Waals surface area contributed by atoms with Gasteiger partial charge in [-0.05, 0) is 20.3 Å². The van der Waals surface area contributed by atoms with E-state index in [1.165, 1.54) is 0 Å². The summed E-state index contributed by atoms with van der Waals surface area (Å²) in [5, 5.41) is 15.1. The molecule has 0 saturated carbocycles. The molecule has 2 aliphatic heterocycles. The van der Waals surface area contributed by atoms with Crippen LogP contribution in [0.1, 0.15) is 42.2 Å². The number of likely N-dealkylation sites (tertiary alicyclic amines) is 2. The van der Waals surface area contributed by atoms with E-state index in [1.54, 1.807) is 22.7 Å². The van der Waals surface area contributed by atoms with Crippen molar-refractivity contribution in [3.8, 4) is 0 Å². The van der Waals surface area contributed by atoms with Crippen molar-refractivity contribution in [2.75, 3.05) is 32.7 Å². The SMILES string of the molecule is CCn1cc(C(=O)N2CC[C@@](O)(CN3CCC(F)(F)CC3)C2)c(C)n1. The van der Waals surface area contributed by atoms with E-state index in [0.29, 0.717) is 37.3 Å². The zero-order valence-electron chi connectivity index (χ0n) is 14.8. The molecule has 2 saturated heterocycles. The van der Waals surface area contributed by atoms with Crippen LogP contribution in [0.25, 0.3) is 0 Å². The van der Waals surface area contributed by atoms with Crippen LogP contribution >= 0.6 is 0 Å². The van der Waals surface area contributed by atoms with Crippen LogP contribution in [-0.2, 0) is 6.54 Å². The Morgan fingerprint density at radius 2 is 1.96 bits per heavy atom. The first kappa shape index (κ1) is 18.3. The number of halogens is 2. The molecule has 1 atom stereocenters. The molecule has 1 amide bonds. The number of aromatic nitrogens is 2. The fourth-order valence-electron chi connectivity index (χ4n) is 3.67. The number of alkyl halides is 2. The van der Waals surface area contributed by atoms with Gasteiger partial charge in [-0.15, -0.1) is 0 Å². The molecule has 1 aromatic heterocycles. The second-order valence-electron chi connectivity index (χ2n) is 7.32. The first-order valence-corrected chi connectivity index (χ1v) is 8.87. The number of carbonyl (C=O) groups is 1. The van der Waals surface area contributed by atoms with Gasteiger partial charge in [-0.25, -0.2) is 8.78 Å². The fourth-order valence-corrected chi connectivity index (χ4v) is 3.67. The first-order valence-electron chi connectivity index (χ1n) is 8.87. The Balaban J connectivity index is 1.60. The average Bonchev–Trinajstić information content (AvgIpc) is 3.12. The van der Waals surface area contributed by atoms with Crippen LogP contribution in [0.4, 0.5) is 8.78 Å². The number of aliphatic hydroxyl groups is 1. The number of piperidine rings is 1. The van der Waals surface area contributed by atoms with E-state index in [9.17, 15) is 18.7 Å². The minimum absolute atomic E-state index is 0.127. The zero-order chi connectivity index (χ0) is 18.2. The monoisotopic (exact) mass is 356 g/mol. The third-order valence-electron chi connectivity index (χ3n) is 5.23. The Bertz CT molecular complexity index is 639. The number of rotatable bonds is 4. The summed E-state index contributed by atoms with van der Waals surface area (Å²) in [5.41, 5.74) is 0.209. The standard InChI is InChI=1S/C17H26F2N4O2/c1-3-23-10-14(13(2)20-23)15(24)22-9-4-16(25,12-22)11-21-7-5-17(18,19)6-8-21/h10,25H,3-9,11-12H2,1-2H3/t16-/m1/s1. The van der Waals surface area contributed by atoms with Crippen LogP contribution in [0, 0.1) is 6.92 Å². The van der Waals surface area contributed by atoms with Crippen molar-refractivity contribution in [2.24, 2.45) is 0 Å². The van der Waals surface area contributed by atoms with E-state index >= 15 is 0 Å². The van der Waals surface area contributed by atoms with Crippen molar-refractivity contribution < 1.29 is 18.7 Å². The molecule has 0 aromatic carbocycles. The molecule has 2 aliphatic rings. The van der Waals surface area contributed by atoms with Crippen molar-refractivity contribution >= 4 is 5.91 Å². The largest absolute Gasteiger partial charge is 0.387 e. The third kappa shape index (κ3) is 4.00. The van der Waals surface area contributed by atoms with Gasteiger partial charge in [0.05, 0.1) is 23.4 Å². The smallest absolute Gasteiger partial charge is 0.257 e. The molecule has 3 heterocycles.